The van der Waals surface area contributed by atoms with E-state index in [0.29, 0.717) is 12.0 Å². The Morgan fingerprint density at radius 1 is 1.25 bits per heavy atom. The molecular weight excluding hydrogens is 268 g/mol. The minimum absolute atomic E-state index is 0.0710. The highest BCUT2D eigenvalue weighted by Crippen LogP contribution is 2.28. The number of allylic oxidation sites excluding steroid dienone is 1. The van der Waals surface area contributed by atoms with Crippen molar-refractivity contribution in [3.05, 3.63) is 46.0 Å². The predicted octanol–water partition coefficient (Wildman–Crippen LogP) is 3.16. The quantitative estimate of drug-likeness (QED) is 0.904. The van der Waals surface area contributed by atoms with Crippen molar-refractivity contribution in [2.24, 2.45) is 0 Å². The largest absolute Gasteiger partial charge is 0.384 e. The molecule has 0 saturated carbocycles. The van der Waals surface area contributed by atoms with Crippen molar-refractivity contribution in [2.45, 2.75) is 25.4 Å². The lowest BCUT2D eigenvalue weighted by Gasteiger charge is -2.17. The third-order valence-electron chi connectivity index (χ3n) is 2.77. The SMILES string of the molecule is O=C1CCCC=C1C(O)c1ccc(Br)cc1. The van der Waals surface area contributed by atoms with Gasteiger partial charge in [-0.25, -0.2) is 0 Å². The Morgan fingerprint density at radius 3 is 2.56 bits per heavy atom. The highest BCUT2D eigenvalue weighted by Gasteiger charge is 2.21. The fraction of sp³-hybridized carbons (Fsp3) is 0.308. The van der Waals surface area contributed by atoms with Crippen LogP contribution in [0.3, 0.4) is 0 Å². The Bertz CT molecular complexity index is 420. The average Bonchev–Trinajstić information content (AvgIpc) is 2.30. The summed E-state index contributed by atoms with van der Waals surface area (Å²) < 4.78 is 0.965. The highest BCUT2D eigenvalue weighted by molar-refractivity contribution is 9.10. The molecule has 0 bridgehead atoms. The summed E-state index contributed by atoms with van der Waals surface area (Å²) in [5.74, 6) is 0.0710. The van der Waals surface area contributed by atoms with E-state index in [2.05, 4.69) is 15.9 Å². The number of carbonyl (C=O) groups excluding carboxylic acids is 1. The fourth-order valence-corrected chi connectivity index (χ4v) is 2.13. The summed E-state index contributed by atoms with van der Waals surface area (Å²) in [4.78, 5) is 11.6. The van der Waals surface area contributed by atoms with Crippen LogP contribution in [0.2, 0.25) is 0 Å². The van der Waals surface area contributed by atoms with E-state index in [9.17, 15) is 9.90 Å². The molecule has 0 aromatic heterocycles. The molecule has 1 aromatic rings. The molecule has 0 aliphatic heterocycles. The number of hydrogen-bond acceptors (Lipinski definition) is 2. The van der Waals surface area contributed by atoms with Gasteiger partial charge in [0.25, 0.3) is 0 Å². The molecule has 1 aromatic carbocycles. The number of hydrogen-bond donors (Lipinski definition) is 1. The van der Waals surface area contributed by atoms with Gasteiger partial charge in [0.05, 0.1) is 0 Å². The van der Waals surface area contributed by atoms with E-state index in [1.54, 1.807) is 0 Å². The Morgan fingerprint density at radius 2 is 1.94 bits per heavy atom. The molecule has 0 fully saturated rings. The maximum atomic E-state index is 11.6. The molecule has 1 atom stereocenters. The molecule has 0 spiro atoms. The van der Waals surface area contributed by atoms with Gasteiger partial charge in [-0.15, -0.1) is 0 Å². The standard InChI is InChI=1S/C13H13BrO2/c14-10-7-5-9(6-8-10)13(16)11-3-1-2-4-12(11)15/h3,5-8,13,16H,1-2,4H2. The third-order valence-corrected chi connectivity index (χ3v) is 3.30. The van der Waals surface area contributed by atoms with E-state index in [1.165, 1.54) is 0 Å². The minimum Gasteiger partial charge on any atom is -0.384 e. The van der Waals surface area contributed by atoms with Gasteiger partial charge in [-0.2, -0.15) is 0 Å². The van der Waals surface area contributed by atoms with Gasteiger partial charge in [0, 0.05) is 16.5 Å². The maximum Gasteiger partial charge on any atom is 0.161 e. The Labute approximate surface area is 103 Å². The molecule has 0 heterocycles. The minimum atomic E-state index is -0.777. The first-order valence-corrected chi connectivity index (χ1v) is 6.14. The van der Waals surface area contributed by atoms with Gasteiger partial charge in [-0.1, -0.05) is 34.1 Å². The lowest BCUT2D eigenvalue weighted by atomic mass is 9.91. The molecule has 2 nitrogen and oxygen atoms in total. The summed E-state index contributed by atoms with van der Waals surface area (Å²) >= 11 is 3.34. The number of halogens is 1. The van der Waals surface area contributed by atoms with Gasteiger partial charge in [0.15, 0.2) is 5.78 Å². The number of benzene rings is 1. The van der Waals surface area contributed by atoms with Crippen LogP contribution in [0.1, 0.15) is 30.9 Å². The summed E-state index contributed by atoms with van der Waals surface area (Å²) in [7, 11) is 0. The zero-order valence-corrected chi connectivity index (χ0v) is 10.4. The van der Waals surface area contributed by atoms with E-state index < -0.39 is 6.10 Å². The molecule has 1 aliphatic rings. The van der Waals surface area contributed by atoms with Gasteiger partial charge in [-0.05, 0) is 30.5 Å². The van der Waals surface area contributed by atoms with Crippen molar-refractivity contribution < 1.29 is 9.90 Å². The highest BCUT2D eigenvalue weighted by atomic mass is 79.9. The van der Waals surface area contributed by atoms with Crippen LogP contribution in [0.4, 0.5) is 0 Å². The molecular formula is C13H13BrO2. The van der Waals surface area contributed by atoms with Gasteiger partial charge in [-0.3, -0.25) is 4.79 Å². The summed E-state index contributed by atoms with van der Waals surface area (Å²) in [5, 5.41) is 10.1. The van der Waals surface area contributed by atoms with Crippen molar-refractivity contribution in [2.75, 3.05) is 0 Å². The van der Waals surface area contributed by atoms with Gasteiger partial charge in [0.1, 0.15) is 6.10 Å². The van der Waals surface area contributed by atoms with Gasteiger partial charge >= 0.3 is 0 Å². The molecule has 0 saturated heterocycles. The third kappa shape index (κ3) is 2.42. The molecule has 2 rings (SSSR count). The smallest absolute Gasteiger partial charge is 0.161 e. The lowest BCUT2D eigenvalue weighted by molar-refractivity contribution is -0.117. The normalized spacial score (nSPS) is 18.1. The van der Waals surface area contributed by atoms with Crippen LogP contribution in [0, 0.1) is 0 Å². The van der Waals surface area contributed by atoms with E-state index in [4.69, 9.17) is 0 Å². The van der Waals surface area contributed by atoms with Crippen molar-refractivity contribution in [3.63, 3.8) is 0 Å². The second kappa shape index (κ2) is 4.93. The lowest BCUT2D eigenvalue weighted by Crippen LogP contribution is -2.14. The van der Waals surface area contributed by atoms with Crippen LogP contribution >= 0.6 is 15.9 Å². The predicted molar refractivity (Wildman–Crippen MR) is 66.0 cm³/mol. The van der Waals surface area contributed by atoms with E-state index in [-0.39, 0.29) is 5.78 Å². The van der Waals surface area contributed by atoms with Crippen LogP contribution in [0.15, 0.2) is 40.4 Å². The number of rotatable bonds is 2. The summed E-state index contributed by atoms with van der Waals surface area (Å²) in [5.41, 5.74) is 1.32. The number of carbonyl (C=O) groups is 1. The fourth-order valence-electron chi connectivity index (χ4n) is 1.87. The van der Waals surface area contributed by atoms with E-state index >= 15 is 0 Å². The van der Waals surface area contributed by atoms with Crippen LogP contribution in [-0.4, -0.2) is 10.9 Å². The molecule has 16 heavy (non-hydrogen) atoms. The van der Waals surface area contributed by atoms with Crippen LogP contribution in [-0.2, 0) is 4.79 Å². The summed E-state index contributed by atoms with van der Waals surface area (Å²) in [6.07, 6.45) is 3.42. The first kappa shape index (κ1) is 11.6. The topological polar surface area (TPSA) is 37.3 Å². The Balaban J connectivity index is 2.24. The zero-order chi connectivity index (χ0) is 11.5. The Hall–Kier alpha value is -0.930. The maximum absolute atomic E-state index is 11.6. The summed E-state index contributed by atoms with van der Waals surface area (Å²) in [6, 6.07) is 7.40. The number of aliphatic hydroxyl groups excluding tert-OH is 1. The van der Waals surface area contributed by atoms with Gasteiger partial charge in [0.2, 0.25) is 0 Å². The molecule has 1 aliphatic carbocycles. The monoisotopic (exact) mass is 280 g/mol. The molecule has 1 N–H and O–H groups in total. The Kier molecular flexibility index (Phi) is 3.56. The van der Waals surface area contributed by atoms with Crippen LogP contribution in [0.25, 0.3) is 0 Å². The molecule has 1 unspecified atom stereocenters. The molecule has 3 heteroatoms. The van der Waals surface area contributed by atoms with Crippen molar-refractivity contribution in [1.82, 2.24) is 0 Å². The number of Topliss-reactive ketones (excluding diaryl/α,β-unsaturated/α-hetero) is 1. The second-order valence-electron chi connectivity index (χ2n) is 3.93. The van der Waals surface area contributed by atoms with E-state index in [1.807, 2.05) is 30.3 Å². The molecule has 84 valence electrons. The number of aliphatic hydroxyl groups is 1. The number of ketones is 1. The summed E-state index contributed by atoms with van der Waals surface area (Å²) in [6.45, 7) is 0. The first-order chi connectivity index (χ1) is 7.68. The van der Waals surface area contributed by atoms with Crippen molar-refractivity contribution in [1.29, 1.82) is 0 Å². The molecule has 0 amide bonds. The van der Waals surface area contributed by atoms with Crippen molar-refractivity contribution in [3.8, 4) is 0 Å². The first-order valence-electron chi connectivity index (χ1n) is 5.35. The van der Waals surface area contributed by atoms with Gasteiger partial charge < -0.3 is 5.11 Å². The van der Waals surface area contributed by atoms with E-state index in [0.717, 1.165) is 22.9 Å². The zero-order valence-electron chi connectivity index (χ0n) is 8.82. The van der Waals surface area contributed by atoms with Crippen molar-refractivity contribution >= 4 is 21.7 Å². The van der Waals surface area contributed by atoms with Crippen LogP contribution < -0.4 is 0 Å². The molecule has 0 radical (unpaired) electrons. The average molecular weight is 281 g/mol. The second-order valence-corrected chi connectivity index (χ2v) is 4.84. The van der Waals surface area contributed by atoms with Crippen LogP contribution in [0.5, 0.6) is 0 Å².